The van der Waals surface area contributed by atoms with Crippen molar-refractivity contribution >= 4 is 5.69 Å². The minimum Gasteiger partial charge on any atom is -0.476 e. The molecule has 2 atom stereocenters. The molecule has 2 unspecified atom stereocenters. The molecule has 140 valence electrons. The van der Waals surface area contributed by atoms with E-state index in [-0.39, 0.29) is 12.1 Å². The van der Waals surface area contributed by atoms with E-state index in [4.69, 9.17) is 15.2 Å². The summed E-state index contributed by atoms with van der Waals surface area (Å²) in [7, 11) is 0. The molecule has 3 rings (SSSR count). The highest BCUT2D eigenvalue weighted by molar-refractivity contribution is 5.47. The fourth-order valence-electron chi connectivity index (χ4n) is 2.53. The van der Waals surface area contributed by atoms with Crippen LogP contribution in [0.2, 0.25) is 0 Å². The summed E-state index contributed by atoms with van der Waals surface area (Å²) in [6.45, 7) is 2.93. The quantitative estimate of drug-likeness (QED) is 0.605. The Morgan fingerprint density at radius 1 is 0.889 bits per heavy atom. The molecule has 0 amide bonds. The van der Waals surface area contributed by atoms with Gasteiger partial charge in [-0.3, -0.25) is 0 Å². The first-order valence-corrected chi connectivity index (χ1v) is 8.90. The van der Waals surface area contributed by atoms with Crippen molar-refractivity contribution in [3.05, 3.63) is 78.6 Å². The zero-order valence-electron chi connectivity index (χ0n) is 15.3. The minimum atomic E-state index is -0.242. The molecule has 6 nitrogen and oxygen atoms in total. The van der Waals surface area contributed by atoms with Gasteiger partial charge in [0.2, 0.25) is 11.8 Å². The maximum Gasteiger partial charge on any atom is 0.213 e. The third-order valence-electron chi connectivity index (χ3n) is 3.90. The van der Waals surface area contributed by atoms with Gasteiger partial charge in [0.15, 0.2) is 0 Å². The van der Waals surface area contributed by atoms with Crippen LogP contribution in [0.4, 0.5) is 5.69 Å². The highest BCUT2D eigenvalue weighted by Gasteiger charge is 2.10. The van der Waals surface area contributed by atoms with E-state index in [2.05, 4.69) is 22.2 Å². The molecule has 0 bridgehead atoms. The Labute approximate surface area is 159 Å². The van der Waals surface area contributed by atoms with Gasteiger partial charge in [0.05, 0.1) is 12.1 Å². The largest absolute Gasteiger partial charge is 0.476 e. The lowest BCUT2D eigenvalue weighted by Crippen LogP contribution is -2.24. The van der Waals surface area contributed by atoms with Crippen molar-refractivity contribution in [1.29, 1.82) is 0 Å². The summed E-state index contributed by atoms with van der Waals surface area (Å²) < 4.78 is 11.3. The zero-order valence-corrected chi connectivity index (χ0v) is 15.3. The number of rotatable bonds is 9. The molecule has 0 aliphatic heterocycles. The van der Waals surface area contributed by atoms with Gasteiger partial charge in [-0.15, -0.1) is 0 Å². The van der Waals surface area contributed by atoms with Gasteiger partial charge in [0.25, 0.3) is 0 Å². The monoisotopic (exact) mass is 364 g/mol. The molecule has 27 heavy (non-hydrogen) atoms. The van der Waals surface area contributed by atoms with Gasteiger partial charge in [-0.2, -0.15) is 0 Å². The molecule has 0 fully saturated rings. The Kier molecular flexibility index (Phi) is 6.60. The second-order valence-corrected chi connectivity index (χ2v) is 6.24. The molecule has 0 aliphatic rings. The topological polar surface area (TPSA) is 82.3 Å². The van der Waals surface area contributed by atoms with Crippen LogP contribution in [0.25, 0.3) is 0 Å². The van der Waals surface area contributed by atoms with Crippen LogP contribution in [0.15, 0.2) is 73.1 Å². The number of ether oxygens (including phenoxy) is 2. The normalized spacial score (nSPS) is 12.8. The second kappa shape index (κ2) is 9.54. The number of nitrogens with one attached hydrogen (secondary N) is 1. The summed E-state index contributed by atoms with van der Waals surface area (Å²) in [4.78, 5) is 8.29. The van der Waals surface area contributed by atoms with Crippen molar-refractivity contribution in [3.8, 4) is 11.8 Å². The molecular weight excluding hydrogens is 340 g/mol. The minimum absolute atomic E-state index is 0.114. The van der Waals surface area contributed by atoms with E-state index >= 15 is 0 Å². The van der Waals surface area contributed by atoms with E-state index < -0.39 is 0 Å². The third kappa shape index (κ3) is 5.97. The summed E-state index contributed by atoms with van der Waals surface area (Å²) in [6.07, 6.45) is 3.41. The lowest BCUT2D eigenvalue weighted by atomic mass is 10.1. The summed E-state index contributed by atoms with van der Waals surface area (Å²) in [5.74, 6) is 1.19. The third-order valence-corrected chi connectivity index (χ3v) is 3.90. The zero-order chi connectivity index (χ0) is 18.9. The van der Waals surface area contributed by atoms with Crippen molar-refractivity contribution in [2.24, 2.45) is 5.73 Å². The lowest BCUT2D eigenvalue weighted by Gasteiger charge is -2.18. The average Bonchev–Trinajstić information content (AvgIpc) is 2.72. The number of aromatic nitrogens is 2. The van der Waals surface area contributed by atoms with Crippen LogP contribution >= 0.6 is 0 Å². The van der Waals surface area contributed by atoms with Gasteiger partial charge in [0.1, 0.15) is 13.2 Å². The van der Waals surface area contributed by atoms with Gasteiger partial charge >= 0.3 is 0 Å². The van der Waals surface area contributed by atoms with E-state index in [0.29, 0.717) is 25.0 Å². The molecule has 0 saturated heterocycles. The van der Waals surface area contributed by atoms with Crippen LogP contribution in [0.5, 0.6) is 11.8 Å². The molecule has 3 N–H and O–H groups in total. The molecule has 0 spiro atoms. The van der Waals surface area contributed by atoms with Crippen LogP contribution in [0, 0.1) is 0 Å². The first-order chi connectivity index (χ1) is 13.2. The van der Waals surface area contributed by atoms with Gasteiger partial charge in [-0.25, -0.2) is 9.97 Å². The molecule has 1 aromatic carbocycles. The summed E-state index contributed by atoms with van der Waals surface area (Å²) in [5, 5.41) is 3.42. The van der Waals surface area contributed by atoms with E-state index in [1.807, 2.05) is 60.7 Å². The SMILES string of the molecule is CC(COc1ccccn1)Nc1cccc(C(N)COc2ccccn2)c1. The Morgan fingerprint density at radius 3 is 2.19 bits per heavy atom. The summed E-state index contributed by atoms with van der Waals surface area (Å²) in [5.41, 5.74) is 8.24. The Hall–Kier alpha value is -3.12. The number of hydrogen-bond donors (Lipinski definition) is 2. The van der Waals surface area contributed by atoms with E-state index in [1.165, 1.54) is 0 Å². The molecule has 0 saturated carbocycles. The number of hydrogen-bond acceptors (Lipinski definition) is 6. The van der Waals surface area contributed by atoms with Crippen molar-refractivity contribution in [2.45, 2.75) is 19.0 Å². The van der Waals surface area contributed by atoms with Crippen molar-refractivity contribution in [2.75, 3.05) is 18.5 Å². The smallest absolute Gasteiger partial charge is 0.213 e. The van der Waals surface area contributed by atoms with Crippen molar-refractivity contribution < 1.29 is 9.47 Å². The predicted octanol–water partition coefficient (Wildman–Crippen LogP) is 3.43. The standard InChI is InChI=1S/C21H24N4O2/c1-16(14-26-20-9-2-4-11-23-20)25-18-8-6-7-17(13-18)19(22)15-27-21-10-3-5-12-24-21/h2-13,16,19,25H,14-15,22H2,1H3. The van der Waals surface area contributed by atoms with Crippen LogP contribution in [0.1, 0.15) is 18.5 Å². The first kappa shape index (κ1) is 18.7. The lowest BCUT2D eigenvalue weighted by molar-refractivity contribution is 0.280. The fourth-order valence-corrected chi connectivity index (χ4v) is 2.53. The van der Waals surface area contributed by atoms with Crippen LogP contribution < -0.4 is 20.5 Å². The maximum absolute atomic E-state index is 6.26. The number of benzene rings is 1. The number of anilines is 1. The summed E-state index contributed by atoms with van der Waals surface area (Å²) >= 11 is 0. The Morgan fingerprint density at radius 2 is 1.56 bits per heavy atom. The molecule has 2 aromatic heterocycles. The molecule has 0 radical (unpaired) electrons. The van der Waals surface area contributed by atoms with Crippen molar-refractivity contribution in [3.63, 3.8) is 0 Å². The molecule has 2 heterocycles. The van der Waals surface area contributed by atoms with E-state index in [0.717, 1.165) is 11.3 Å². The molecule has 0 aliphatic carbocycles. The van der Waals surface area contributed by atoms with Gasteiger partial charge in [0, 0.05) is 30.2 Å². The fraction of sp³-hybridized carbons (Fsp3) is 0.238. The number of nitrogens with two attached hydrogens (primary N) is 1. The highest BCUT2D eigenvalue weighted by atomic mass is 16.5. The average molecular weight is 364 g/mol. The predicted molar refractivity (Wildman–Crippen MR) is 106 cm³/mol. The van der Waals surface area contributed by atoms with Crippen LogP contribution in [0.3, 0.4) is 0 Å². The molecule has 3 aromatic rings. The van der Waals surface area contributed by atoms with Crippen molar-refractivity contribution in [1.82, 2.24) is 9.97 Å². The molecule has 6 heteroatoms. The molecular formula is C21H24N4O2. The Balaban J connectivity index is 1.51. The first-order valence-electron chi connectivity index (χ1n) is 8.90. The van der Waals surface area contributed by atoms with Crippen LogP contribution in [-0.2, 0) is 0 Å². The van der Waals surface area contributed by atoms with Gasteiger partial charge < -0.3 is 20.5 Å². The number of nitrogens with zero attached hydrogens (tertiary/aromatic N) is 2. The van der Waals surface area contributed by atoms with Gasteiger partial charge in [-0.05, 0) is 36.8 Å². The number of pyridine rings is 2. The van der Waals surface area contributed by atoms with E-state index in [9.17, 15) is 0 Å². The highest BCUT2D eigenvalue weighted by Crippen LogP contribution is 2.18. The second-order valence-electron chi connectivity index (χ2n) is 6.24. The Bertz CT molecular complexity index is 815. The maximum atomic E-state index is 6.26. The summed E-state index contributed by atoms with van der Waals surface area (Å²) in [6, 6.07) is 19.0. The van der Waals surface area contributed by atoms with Crippen LogP contribution in [-0.4, -0.2) is 29.2 Å². The van der Waals surface area contributed by atoms with E-state index in [1.54, 1.807) is 12.4 Å². The van der Waals surface area contributed by atoms with Gasteiger partial charge in [-0.1, -0.05) is 24.3 Å².